The number of halogens is 1. The van der Waals surface area contributed by atoms with Crippen LogP contribution in [0.15, 0.2) is 48.9 Å². The van der Waals surface area contributed by atoms with Crippen LogP contribution in [0.3, 0.4) is 0 Å². The second-order valence-electron chi connectivity index (χ2n) is 3.45. The largest absolute Gasteiger partial charge is 0.291 e. The summed E-state index contributed by atoms with van der Waals surface area (Å²) in [5.74, 6) is 0. The van der Waals surface area contributed by atoms with Crippen LogP contribution >= 0.6 is 22.6 Å². The molecule has 0 spiro atoms. The highest BCUT2D eigenvalue weighted by Gasteiger charge is 2.03. The lowest BCUT2D eigenvalue weighted by atomic mass is 10.2. The van der Waals surface area contributed by atoms with Crippen LogP contribution in [0.1, 0.15) is 0 Å². The SMILES string of the molecule is Ic1cnc2cnc(-c3ccccc3)cn12. The normalized spacial score (nSPS) is 10.8. The quantitative estimate of drug-likeness (QED) is 0.645. The number of fused-ring (bicyclic) bond motifs is 1. The zero-order chi connectivity index (χ0) is 11.0. The van der Waals surface area contributed by atoms with Crippen LogP contribution < -0.4 is 0 Å². The first-order chi connectivity index (χ1) is 7.84. The van der Waals surface area contributed by atoms with Gasteiger partial charge in [-0.15, -0.1) is 0 Å². The lowest BCUT2D eigenvalue weighted by Gasteiger charge is -2.01. The monoisotopic (exact) mass is 321 g/mol. The summed E-state index contributed by atoms with van der Waals surface area (Å²) in [5.41, 5.74) is 2.96. The smallest absolute Gasteiger partial charge is 0.156 e. The molecule has 16 heavy (non-hydrogen) atoms. The molecule has 0 saturated heterocycles. The van der Waals surface area contributed by atoms with E-state index in [9.17, 15) is 0 Å². The molecule has 0 amide bonds. The minimum atomic E-state index is 0.879. The average molecular weight is 321 g/mol. The number of nitrogens with zero attached hydrogens (tertiary/aromatic N) is 3. The molecule has 0 atom stereocenters. The molecule has 2 heterocycles. The molecule has 4 heteroatoms. The van der Waals surface area contributed by atoms with Gasteiger partial charge in [0.2, 0.25) is 0 Å². The van der Waals surface area contributed by atoms with Gasteiger partial charge in [0.15, 0.2) is 5.65 Å². The topological polar surface area (TPSA) is 30.2 Å². The Kier molecular flexibility index (Phi) is 2.36. The van der Waals surface area contributed by atoms with E-state index in [2.05, 4.69) is 44.7 Å². The van der Waals surface area contributed by atoms with E-state index >= 15 is 0 Å². The standard InChI is InChI=1S/C12H8IN3/c13-11-6-15-12-7-14-10(8-16(11)12)9-4-2-1-3-5-9/h1-8H. The number of hydrogen-bond acceptors (Lipinski definition) is 2. The maximum absolute atomic E-state index is 4.40. The van der Waals surface area contributed by atoms with E-state index in [-0.39, 0.29) is 0 Å². The van der Waals surface area contributed by atoms with E-state index in [4.69, 9.17) is 0 Å². The summed E-state index contributed by atoms with van der Waals surface area (Å²) >= 11 is 2.26. The second kappa shape index (κ2) is 3.86. The number of rotatable bonds is 1. The van der Waals surface area contributed by atoms with Crippen molar-refractivity contribution in [2.24, 2.45) is 0 Å². The predicted octanol–water partition coefficient (Wildman–Crippen LogP) is 3.00. The van der Waals surface area contributed by atoms with Crippen LogP contribution in [0.4, 0.5) is 0 Å². The van der Waals surface area contributed by atoms with Crippen molar-refractivity contribution in [3.05, 3.63) is 52.6 Å². The molecule has 3 nitrogen and oxygen atoms in total. The van der Waals surface area contributed by atoms with Crippen LogP contribution in [0, 0.1) is 3.70 Å². The van der Waals surface area contributed by atoms with Crippen LogP contribution in [-0.4, -0.2) is 14.4 Å². The number of hydrogen-bond donors (Lipinski definition) is 0. The molecular weight excluding hydrogens is 313 g/mol. The molecule has 2 aromatic heterocycles. The fraction of sp³-hybridized carbons (Fsp3) is 0. The van der Waals surface area contributed by atoms with Crippen LogP contribution in [0.2, 0.25) is 0 Å². The third kappa shape index (κ3) is 1.59. The summed E-state index contributed by atoms with van der Waals surface area (Å²) in [5, 5.41) is 0. The summed E-state index contributed by atoms with van der Waals surface area (Å²) in [6.07, 6.45) is 5.65. The van der Waals surface area contributed by atoms with Gasteiger partial charge in [0.1, 0.15) is 3.70 Å². The van der Waals surface area contributed by atoms with Gasteiger partial charge in [-0.05, 0) is 22.6 Å². The van der Waals surface area contributed by atoms with Crippen molar-refractivity contribution in [3.8, 4) is 11.3 Å². The maximum Gasteiger partial charge on any atom is 0.156 e. The minimum absolute atomic E-state index is 0.879. The Labute approximate surface area is 106 Å². The van der Waals surface area contributed by atoms with Crippen molar-refractivity contribution in [2.75, 3.05) is 0 Å². The Balaban J connectivity index is 2.22. The van der Waals surface area contributed by atoms with Crippen molar-refractivity contribution in [1.29, 1.82) is 0 Å². The predicted molar refractivity (Wildman–Crippen MR) is 71.1 cm³/mol. The maximum atomic E-state index is 4.40. The van der Waals surface area contributed by atoms with Crippen molar-refractivity contribution in [3.63, 3.8) is 0 Å². The van der Waals surface area contributed by atoms with Crippen LogP contribution in [0.25, 0.3) is 16.9 Å². The molecule has 0 N–H and O–H groups in total. The lowest BCUT2D eigenvalue weighted by molar-refractivity contribution is 1.11. The van der Waals surface area contributed by atoms with Crippen molar-refractivity contribution >= 4 is 28.2 Å². The van der Waals surface area contributed by atoms with Gasteiger partial charge in [0.05, 0.1) is 18.1 Å². The van der Waals surface area contributed by atoms with Gasteiger partial charge in [0.25, 0.3) is 0 Å². The highest BCUT2D eigenvalue weighted by atomic mass is 127. The van der Waals surface area contributed by atoms with Crippen molar-refractivity contribution in [1.82, 2.24) is 14.4 Å². The molecular formula is C12H8IN3. The fourth-order valence-electron chi connectivity index (χ4n) is 1.62. The van der Waals surface area contributed by atoms with Crippen LogP contribution in [-0.2, 0) is 0 Å². The van der Waals surface area contributed by atoms with Gasteiger partial charge in [0, 0.05) is 11.8 Å². The Morgan fingerprint density at radius 1 is 1.00 bits per heavy atom. The molecule has 0 saturated carbocycles. The van der Waals surface area contributed by atoms with Gasteiger partial charge < -0.3 is 0 Å². The lowest BCUT2D eigenvalue weighted by Crippen LogP contribution is -1.91. The first-order valence-electron chi connectivity index (χ1n) is 4.88. The van der Waals surface area contributed by atoms with Gasteiger partial charge in [-0.1, -0.05) is 30.3 Å². The van der Waals surface area contributed by atoms with Gasteiger partial charge >= 0.3 is 0 Å². The minimum Gasteiger partial charge on any atom is -0.291 e. The van der Waals surface area contributed by atoms with Gasteiger partial charge in [-0.2, -0.15) is 0 Å². The zero-order valence-electron chi connectivity index (χ0n) is 8.34. The molecule has 0 fully saturated rings. The van der Waals surface area contributed by atoms with E-state index in [1.165, 1.54) is 0 Å². The first-order valence-corrected chi connectivity index (χ1v) is 5.96. The highest BCUT2D eigenvalue weighted by Crippen LogP contribution is 2.17. The molecule has 0 unspecified atom stereocenters. The summed E-state index contributed by atoms with van der Waals surface area (Å²) in [7, 11) is 0. The Morgan fingerprint density at radius 3 is 2.62 bits per heavy atom. The third-order valence-corrected chi connectivity index (χ3v) is 3.22. The summed E-state index contributed by atoms with van der Waals surface area (Å²) < 4.78 is 3.13. The molecule has 78 valence electrons. The van der Waals surface area contributed by atoms with E-state index in [0.29, 0.717) is 0 Å². The van der Waals surface area contributed by atoms with Crippen LogP contribution in [0.5, 0.6) is 0 Å². The molecule has 3 rings (SSSR count). The van der Waals surface area contributed by atoms with Crippen molar-refractivity contribution in [2.45, 2.75) is 0 Å². The Hall–Kier alpha value is -1.43. The summed E-state index contributed by atoms with van der Waals surface area (Å²) in [6, 6.07) is 10.1. The molecule has 1 aromatic carbocycles. The molecule has 3 aromatic rings. The molecule has 0 aliphatic carbocycles. The summed E-state index contributed by atoms with van der Waals surface area (Å²) in [6.45, 7) is 0. The second-order valence-corrected chi connectivity index (χ2v) is 4.55. The van der Waals surface area contributed by atoms with E-state index in [1.807, 2.05) is 35.0 Å². The van der Waals surface area contributed by atoms with E-state index in [1.54, 1.807) is 6.20 Å². The third-order valence-electron chi connectivity index (χ3n) is 2.42. The van der Waals surface area contributed by atoms with Gasteiger partial charge in [-0.25, -0.2) is 4.98 Å². The first kappa shape index (κ1) is 9.77. The molecule has 0 aliphatic heterocycles. The van der Waals surface area contributed by atoms with E-state index < -0.39 is 0 Å². The summed E-state index contributed by atoms with van der Waals surface area (Å²) in [4.78, 5) is 8.65. The number of benzene rings is 1. The van der Waals surface area contributed by atoms with Crippen molar-refractivity contribution < 1.29 is 0 Å². The number of imidazole rings is 1. The molecule has 0 aliphatic rings. The highest BCUT2D eigenvalue weighted by molar-refractivity contribution is 14.1. The van der Waals surface area contributed by atoms with Gasteiger partial charge in [-0.3, -0.25) is 9.38 Å². The molecule has 0 radical (unpaired) electrons. The average Bonchev–Trinajstić information content (AvgIpc) is 2.72. The zero-order valence-corrected chi connectivity index (χ0v) is 10.5. The Morgan fingerprint density at radius 2 is 1.81 bits per heavy atom. The molecule has 0 bridgehead atoms. The number of aromatic nitrogens is 3. The fourth-order valence-corrected chi connectivity index (χ4v) is 2.14. The van der Waals surface area contributed by atoms with E-state index in [0.717, 1.165) is 20.6 Å². The Bertz CT molecular complexity index is 631.